The second-order valence-electron chi connectivity index (χ2n) is 10.9. The van der Waals surface area contributed by atoms with Gasteiger partial charge in [0.05, 0.1) is 6.04 Å². The first-order valence-corrected chi connectivity index (χ1v) is 15.4. The third-order valence-corrected chi connectivity index (χ3v) is 8.55. The van der Waals surface area contributed by atoms with E-state index < -0.39 is 0 Å². The Hall–Kier alpha value is -3.29. The smallest absolute Gasteiger partial charge is 0.146 e. The number of ketones is 1. The third-order valence-electron chi connectivity index (χ3n) is 7.96. The van der Waals surface area contributed by atoms with Gasteiger partial charge in [-0.15, -0.1) is 0 Å². The SMILES string of the molecule is CC(=O)[C@@H]1CCCCN1Cc1cc(C)c(/C=C/c2cccc(-c3ccccc3)c2C)cc1OCc1cncc(I)c1. The number of Topliss-reactive ketones (excluding diaryl/α,β-unsaturated/α-hetero) is 1. The fourth-order valence-corrected chi connectivity index (χ4v) is 6.26. The highest BCUT2D eigenvalue weighted by molar-refractivity contribution is 14.1. The molecule has 4 nitrogen and oxygen atoms in total. The molecule has 0 amide bonds. The average molecular weight is 657 g/mol. The molecule has 0 spiro atoms. The summed E-state index contributed by atoms with van der Waals surface area (Å²) in [5.41, 5.74) is 9.39. The van der Waals surface area contributed by atoms with E-state index in [0.29, 0.717) is 13.2 Å². The van der Waals surface area contributed by atoms with Gasteiger partial charge >= 0.3 is 0 Å². The Bertz CT molecular complexity index is 1550. The molecule has 0 aliphatic carbocycles. The van der Waals surface area contributed by atoms with Crippen molar-refractivity contribution in [2.45, 2.75) is 59.2 Å². The van der Waals surface area contributed by atoms with E-state index in [2.05, 4.69) is 125 Å². The maximum absolute atomic E-state index is 12.4. The number of hydrogen-bond acceptors (Lipinski definition) is 4. The van der Waals surface area contributed by atoms with Crippen molar-refractivity contribution in [1.82, 2.24) is 9.88 Å². The fourth-order valence-electron chi connectivity index (χ4n) is 5.70. The van der Waals surface area contributed by atoms with E-state index in [0.717, 1.165) is 51.8 Å². The molecule has 1 saturated heterocycles. The lowest BCUT2D eigenvalue weighted by Gasteiger charge is -2.34. The summed E-state index contributed by atoms with van der Waals surface area (Å²) >= 11 is 2.28. The monoisotopic (exact) mass is 656 g/mol. The zero-order valence-electron chi connectivity index (χ0n) is 24.1. The summed E-state index contributed by atoms with van der Waals surface area (Å²) in [7, 11) is 0. The van der Waals surface area contributed by atoms with Gasteiger partial charge in [0.2, 0.25) is 0 Å². The first kappa shape index (κ1) is 29.2. The number of likely N-dealkylation sites (tertiary alicyclic amines) is 1. The Balaban J connectivity index is 1.46. The molecule has 1 aromatic heterocycles. The maximum Gasteiger partial charge on any atom is 0.146 e. The van der Waals surface area contributed by atoms with Crippen molar-refractivity contribution < 1.29 is 9.53 Å². The molecule has 4 aromatic rings. The van der Waals surface area contributed by atoms with Gasteiger partial charge in [0.25, 0.3) is 0 Å². The maximum atomic E-state index is 12.4. The van der Waals surface area contributed by atoms with Crippen LogP contribution in [0.2, 0.25) is 0 Å². The van der Waals surface area contributed by atoms with E-state index in [4.69, 9.17) is 4.74 Å². The Morgan fingerprint density at radius 2 is 1.80 bits per heavy atom. The number of carbonyl (C=O) groups is 1. The van der Waals surface area contributed by atoms with E-state index >= 15 is 0 Å². The predicted octanol–water partition coefficient (Wildman–Crippen LogP) is 8.66. The lowest BCUT2D eigenvalue weighted by atomic mass is 9.95. The molecule has 1 fully saturated rings. The molecule has 1 atom stereocenters. The van der Waals surface area contributed by atoms with Crippen molar-refractivity contribution in [2.24, 2.45) is 0 Å². The predicted molar refractivity (Wildman–Crippen MR) is 177 cm³/mol. The number of nitrogens with zero attached hydrogens (tertiary/aromatic N) is 2. The molecular weight excluding hydrogens is 619 g/mol. The molecule has 3 aromatic carbocycles. The molecular formula is C36H37IN2O2. The van der Waals surface area contributed by atoms with Crippen LogP contribution in [0.3, 0.4) is 0 Å². The second kappa shape index (κ2) is 13.6. The molecule has 5 rings (SSSR count). The van der Waals surface area contributed by atoms with Crippen LogP contribution in [0.15, 0.2) is 79.1 Å². The van der Waals surface area contributed by atoms with Crippen molar-refractivity contribution in [3.63, 3.8) is 0 Å². The van der Waals surface area contributed by atoms with Crippen molar-refractivity contribution >= 4 is 40.5 Å². The number of aryl methyl sites for hydroxylation is 1. The van der Waals surface area contributed by atoms with E-state index in [9.17, 15) is 4.79 Å². The zero-order valence-corrected chi connectivity index (χ0v) is 26.2. The molecule has 1 aliphatic heterocycles. The highest BCUT2D eigenvalue weighted by Crippen LogP contribution is 2.31. The quantitative estimate of drug-likeness (QED) is 0.134. The lowest BCUT2D eigenvalue weighted by Crippen LogP contribution is -2.43. The van der Waals surface area contributed by atoms with Crippen molar-refractivity contribution in [2.75, 3.05) is 6.54 Å². The molecule has 0 unspecified atom stereocenters. The van der Waals surface area contributed by atoms with Gasteiger partial charge in [0.15, 0.2) is 0 Å². The van der Waals surface area contributed by atoms with Gasteiger partial charge < -0.3 is 4.74 Å². The third kappa shape index (κ3) is 7.32. The summed E-state index contributed by atoms with van der Waals surface area (Å²) in [6, 6.07) is 23.5. The molecule has 0 N–H and O–H groups in total. The van der Waals surface area contributed by atoms with E-state index in [1.54, 1.807) is 6.92 Å². The molecule has 2 heterocycles. The van der Waals surface area contributed by atoms with Gasteiger partial charge in [-0.05, 0) is 108 Å². The minimum absolute atomic E-state index is 0.0174. The number of pyridine rings is 1. The topological polar surface area (TPSA) is 42.4 Å². The van der Waals surface area contributed by atoms with Crippen molar-refractivity contribution in [3.8, 4) is 16.9 Å². The molecule has 0 bridgehead atoms. The number of benzene rings is 3. The number of rotatable bonds is 9. The Kier molecular flexibility index (Phi) is 9.68. The summed E-state index contributed by atoms with van der Waals surface area (Å²) in [4.78, 5) is 19.1. The second-order valence-corrected chi connectivity index (χ2v) is 12.2. The van der Waals surface area contributed by atoms with E-state index in [1.165, 1.54) is 27.8 Å². The van der Waals surface area contributed by atoms with Crippen LogP contribution in [0.4, 0.5) is 0 Å². The highest BCUT2D eigenvalue weighted by Gasteiger charge is 2.27. The number of hydrogen-bond donors (Lipinski definition) is 0. The van der Waals surface area contributed by atoms with Crippen LogP contribution in [0, 0.1) is 17.4 Å². The summed E-state index contributed by atoms with van der Waals surface area (Å²) in [5, 5.41) is 0. The molecule has 1 aliphatic rings. The Morgan fingerprint density at radius 1 is 1.00 bits per heavy atom. The molecule has 0 radical (unpaired) electrons. The van der Waals surface area contributed by atoms with Crippen LogP contribution >= 0.6 is 22.6 Å². The molecule has 41 heavy (non-hydrogen) atoms. The van der Waals surface area contributed by atoms with E-state index in [-0.39, 0.29) is 11.8 Å². The molecule has 0 saturated carbocycles. The van der Waals surface area contributed by atoms with Crippen molar-refractivity contribution in [3.05, 3.63) is 116 Å². The Labute approximate surface area is 257 Å². The number of aromatic nitrogens is 1. The summed E-state index contributed by atoms with van der Waals surface area (Å²) in [6.07, 6.45) is 11.3. The minimum Gasteiger partial charge on any atom is -0.488 e. The summed E-state index contributed by atoms with van der Waals surface area (Å²) < 4.78 is 7.56. The fraction of sp³-hybridized carbons (Fsp3) is 0.278. The number of halogens is 1. The largest absolute Gasteiger partial charge is 0.488 e. The number of piperidine rings is 1. The first-order valence-electron chi connectivity index (χ1n) is 14.3. The van der Waals surface area contributed by atoms with Gasteiger partial charge in [-0.3, -0.25) is 14.7 Å². The normalized spacial score (nSPS) is 15.8. The van der Waals surface area contributed by atoms with Crippen LogP contribution < -0.4 is 4.74 Å². The van der Waals surface area contributed by atoms with Gasteiger partial charge in [0.1, 0.15) is 18.1 Å². The lowest BCUT2D eigenvalue weighted by molar-refractivity contribution is -0.123. The first-order chi connectivity index (χ1) is 19.9. The van der Waals surface area contributed by atoms with Gasteiger partial charge in [-0.2, -0.15) is 0 Å². The summed E-state index contributed by atoms with van der Waals surface area (Å²) in [6.45, 7) is 8.14. The standard InChI is InChI=1S/C36H37IN2O2/c1-25-18-32(23-39-17-8-7-14-35(39)27(3)40)36(41-24-28-19-33(37)22-38-21-28)20-31(25)16-15-29-12-9-13-34(26(29)2)30-10-5-4-6-11-30/h4-6,9-13,15-16,18-22,35H,7-8,14,17,23-24H2,1-3H3/b16-15+/t35-/m0/s1. The van der Waals surface area contributed by atoms with Crippen LogP contribution in [0.1, 0.15) is 59.6 Å². The van der Waals surface area contributed by atoms with Gasteiger partial charge in [-0.1, -0.05) is 73.2 Å². The highest BCUT2D eigenvalue weighted by atomic mass is 127. The summed E-state index contributed by atoms with van der Waals surface area (Å²) in [5.74, 6) is 1.11. The van der Waals surface area contributed by atoms with Crippen LogP contribution in [0.5, 0.6) is 5.75 Å². The van der Waals surface area contributed by atoms with Crippen LogP contribution in [-0.2, 0) is 17.9 Å². The van der Waals surface area contributed by atoms with E-state index in [1.807, 2.05) is 12.4 Å². The Morgan fingerprint density at radius 3 is 2.59 bits per heavy atom. The number of ether oxygens (including phenoxy) is 1. The molecule has 210 valence electrons. The van der Waals surface area contributed by atoms with Crippen LogP contribution in [-0.4, -0.2) is 28.3 Å². The zero-order chi connectivity index (χ0) is 28.8. The van der Waals surface area contributed by atoms with Gasteiger partial charge in [0, 0.05) is 33.6 Å². The van der Waals surface area contributed by atoms with Crippen molar-refractivity contribution in [1.29, 1.82) is 0 Å². The number of carbonyl (C=O) groups excluding carboxylic acids is 1. The minimum atomic E-state index is -0.0174. The molecule has 5 heteroatoms. The van der Waals surface area contributed by atoms with Crippen LogP contribution in [0.25, 0.3) is 23.3 Å². The van der Waals surface area contributed by atoms with Gasteiger partial charge in [-0.25, -0.2) is 0 Å². The average Bonchev–Trinajstić information content (AvgIpc) is 2.97.